The Morgan fingerprint density at radius 3 is 2.42 bits per heavy atom. The highest BCUT2D eigenvalue weighted by Gasteiger charge is 2.41. The van der Waals surface area contributed by atoms with Gasteiger partial charge in [-0.3, -0.25) is 9.59 Å². The first-order chi connectivity index (χ1) is 15.1. The molecule has 0 saturated carbocycles. The van der Waals surface area contributed by atoms with Gasteiger partial charge in [0.25, 0.3) is 5.91 Å². The van der Waals surface area contributed by atoms with Crippen molar-refractivity contribution in [1.29, 1.82) is 0 Å². The van der Waals surface area contributed by atoms with Crippen LogP contribution in [0.1, 0.15) is 53.6 Å². The molecule has 4 rings (SSSR count). The summed E-state index contributed by atoms with van der Waals surface area (Å²) in [4.78, 5) is 28.1. The number of halogens is 1. The number of nitrogens with one attached hydrogen (secondary N) is 1. The summed E-state index contributed by atoms with van der Waals surface area (Å²) in [6.45, 7) is 3.21. The molecule has 0 atom stereocenters. The van der Waals surface area contributed by atoms with Gasteiger partial charge < -0.3 is 15.0 Å². The number of nitrogens with zero attached hydrogens (tertiary/aromatic N) is 1. The van der Waals surface area contributed by atoms with E-state index in [0.717, 1.165) is 41.5 Å². The predicted octanol–water partition coefficient (Wildman–Crippen LogP) is 4.44. The number of piperidine rings is 1. The van der Waals surface area contributed by atoms with Gasteiger partial charge in [0.05, 0.1) is 5.41 Å². The minimum absolute atomic E-state index is 0.0193. The Morgan fingerprint density at radius 1 is 1.00 bits per heavy atom. The summed E-state index contributed by atoms with van der Waals surface area (Å²) in [5.41, 5.74) is 2.07. The van der Waals surface area contributed by atoms with Crippen molar-refractivity contribution in [2.24, 2.45) is 0 Å². The van der Waals surface area contributed by atoms with Crippen LogP contribution in [0.4, 0.5) is 0 Å². The maximum absolute atomic E-state index is 13.4. The van der Waals surface area contributed by atoms with Crippen LogP contribution in [0, 0.1) is 0 Å². The first-order valence-electron chi connectivity index (χ1n) is 11.1. The Kier molecular flexibility index (Phi) is 7.08. The van der Waals surface area contributed by atoms with Crippen LogP contribution < -0.4 is 5.32 Å². The highest BCUT2D eigenvalue weighted by atomic mass is 79.9. The van der Waals surface area contributed by atoms with Crippen LogP contribution in [-0.2, 0) is 21.5 Å². The zero-order chi connectivity index (χ0) is 21.7. The molecule has 2 heterocycles. The maximum atomic E-state index is 13.4. The summed E-state index contributed by atoms with van der Waals surface area (Å²) in [6, 6.07) is 15.6. The van der Waals surface area contributed by atoms with Crippen molar-refractivity contribution in [2.45, 2.75) is 44.1 Å². The summed E-state index contributed by atoms with van der Waals surface area (Å²) < 4.78 is 6.55. The number of rotatable bonds is 5. The third-order valence-electron chi connectivity index (χ3n) is 6.45. The number of benzene rings is 2. The number of likely N-dealkylation sites (tertiary alicyclic amines) is 1. The summed E-state index contributed by atoms with van der Waals surface area (Å²) >= 11 is 3.48. The number of carbonyl (C=O) groups is 2. The molecule has 0 radical (unpaired) electrons. The van der Waals surface area contributed by atoms with Crippen molar-refractivity contribution in [1.82, 2.24) is 10.2 Å². The monoisotopic (exact) mass is 484 g/mol. The molecule has 0 aromatic heterocycles. The fourth-order valence-electron chi connectivity index (χ4n) is 4.58. The average Bonchev–Trinajstić information content (AvgIpc) is 2.83. The second kappa shape index (κ2) is 9.96. The zero-order valence-corrected chi connectivity index (χ0v) is 19.3. The molecule has 2 aromatic carbocycles. The highest BCUT2D eigenvalue weighted by Crippen LogP contribution is 2.36. The lowest BCUT2D eigenvalue weighted by Crippen LogP contribution is -2.47. The maximum Gasteiger partial charge on any atom is 0.253 e. The largest absolute Gasteiger partial charge is 0.381 e. The topological polar surface area (TPSA) is 58.6 Å². The van der Waals surface area contributed by atoms with Crippen molar-refractivity contribution >= 4 is 27.7 Å². The van der Waals surface area contributed by atoms with Crippen LogP contribution in [0.15, 0.2) is 53.0 Å². The van der Waals surface area contributed by atoms with Crippen LogP contribution >= 0.6 is 15.9 Å². The van der Waals surface area contributed by atoms with Crippen molar-refractivity contribution in [3.63, 3.8) is 0 Å². The Labute approximate surface area is 192 Å². The SMILES string of the molecule is O=C(c1cccc(CNC(=O)C2(c3ccc(Br)cc3)CCOCC2)c1)N1CCCCC1. The molecule has 2 amide bonds. The highest BCUT2D eigenvalue weighted by molar-refractivity contribution is 9.10. The number of hydrogen-bond donors (Lipinski definition) is 1. The van der Waals surface area contributed by atoms with Crippen LogP contribution in [0.25, 0.3) is 0 Å². The summed E-state index contributed by atoms with van der Waals surface area (Å²) in [6.07, 6.45) is 4.66. The third kappa shape index (κ3) is 5.01. The summed E-state index contributed by atoms with van der Waals surface area (Å²) in [7, 11) is 0. The second-order valence-corrected chi connectivity index (χ2v) is 9.35. The molecular weight excluding hydrogens is 456 g/mol. The van der Waals surface area contributed by atoms with Crippen molar-refractivity contribution in [3.05, 3.63) is 69.7 Å². The van der Waals surface area contributed by atoms with Gasteiger partial charge in [0.15, 0.2) is 0 Å². The van der Waals surface area contributed by atoms with Crippen LogP contribution in [0.2, 0.25) is 0 Å². The molecule has 2 fully saturated rings. The molecule has 2 saturated heterocycles. The second-order valence-electron chi connectivity index (χ2n) is 8.44. The third-order valence-corrected chi connectivity index (χ3v) is 6.98. The van der Waals surface area contributed by atoms with E-state index in [1.165, 1.54) is 6.42 Å². The molecule has 0 spiro atoms. The zero-order valence-electron chi connectivity index (χ0n) is 17.7. The molecular formula is C25H29BrN2O3. The first-order valence-corrected chi connectivity index (χ1v) is 11.9. The Bertz CT molecular complexity index is 917. The van der Waals surface area contributed by atoms with E-state index in [4.69, 9.17) is 4.74 Å². The lowest BCUT2D eigenvalue weighted by molar-refractivity contribution is -0.130. The fraction of sp³-hybridized carbons (Fsp3) is 0.440. The molecule has 0 bridgehead atoms. The van der Waals surface area contributed by atoms with E-state index in [-0.39, 0.29) is 11.8 Å². The van der Waals surface area contributed by atoms with E-state index in [2.05, 4.69) is 21.2 Å². The smallest absolute Gasteiger partial charge is 0.253 e. The molecule has 164 valence electrons. The molecule has 31 heavy (non-hydrogen) atoms. The minimum atomic E-state index is -0.583. The van der Waals surface area contributed by atoms with E-state index in [1.807, 2.05) is 53.4 Å². The van der Waals surface area contributed by atoms with Gasteiger partial charge in [-0.25, -0.2) is 0 Å². The van der Waals surface area contributed by atoms with Gasteiger partial charge in [-0.1, -0.05) is 40.2 Å². The van der Waals surface area contributed by atoms with E-state index < -0.39 is 5.41 Å². The molecule has 0 aliphatic carbocycles. The first kappa shape index (κ1) is 22.0. The van der Waals surface area contributed by atoms with Gasteiger partial charge in [-0.15, -0.1) is 0 Å². The molecule has 0 unspecified atom stereocenters. The van der Waals surface area contributed by atoms with E-state index >= 15 is 0 Å². The van der Waals surface area contributed by atoms with Crippen molar-refractivity contribution in [3.8, 4) is 0 Å². The number of hydrogen-bond acceptors (Lipinski definition) is 3. The molecule has 6 heteroatoms. The molecule has 5 nitrogen and oxygen atoms in total. The Morgan fingerprint density at radius 2 is 1.71 bits per heavy atom. The minimum Gasteiger partial charge on any atom is -0.381 e. The Balaban J connectivity index is 1.46. The standard InChI is InChI=1S/C25H29BrN2O3/c26-22-9-7-21(8-10-22)25(11-15-31-16-12-25)24(30)27-18-19-5-4-6-20(17-19)23(29)28-13-2-1-3-14-28/h4-10,17H,1-3,11-16,18H2,(H,27,30). The molecule has 2 aliphatic rings. The van der Waals surface area contributed by atoms with Gasteiger partial charge >= 0.3 is 0 Å². The lowest BCUT2D eigenvalue weighted by atomic mass is 9.73. The molecule has 1 N–H and O–H groups in total. The number of ether oxygens (including phenoxy) is 1. The average molecular weight is 485 g/mol. The van der Waals surface area contributed by atoms with E-state index in [9.17, 15) is 9.59 Å². The number of amides is 2. The molecule has 2 aliphatic heterocycles. The fourth-order valence-corrected chi connectivity index (χ4v) is 4.85. The number of carbonyl (C=O) groups excluding carboxylic acids is 2. The summed E-state index contributed by atoms with van der Waals surface area (Å²) in [5, 5.41) is 3.14. The van der Waals surface area contributed by atoms with Gasteiger partial charge in [-0.05, 0) is 67.5 Å². The van der Waals surface area contributed by atoms with Crippen LogP contribution in [0.3, 0.4) is 0 Å². The van der Waals surface area contributed by atoms with E-state index in [0.29, 0.717) is 38.2 Å². The predicted molar refractivity (Wildman–Crippen MR) is 124 cm³/mol. The van der Waals surface area contributed by atoms with Gasteiger partial charge in [0.1, 0.15) is 0 Å². The Hall–Kier alpha value is -2.18. The summed E-state index contributed by atoms with van der Waals surface area (Å²) in [5.74, 6) is 0.106. The van der Waals surface area contributed by atoms with Gasteiger partial charge in [0, 0.05) is 42.9 Å². The van der Waals surface area contributed by atoms with Gasteiger partial charge in [0.2, 0.25) is 5.91 Å². The van der Waals surface area contributed by atoms with E-state index in [1.54, 1.807) is 0 Å². The van der Waals surface area contributed by atoms with Gasteiger partial charge in [-0.2, -0.15) is 0 Å². The van der Waals surface area contributed by atoms with Crippen LogP contribution in [-0.4, -0.2) is 43.0 Å². The normalized spacial score (nSPS) is 18.4. The van der Waals surface area contributed by atoms with Crippen LogP contribution in [0.5, 0.6) is 0 Å². The van der Waals surface area contributed by atoms with Crippen molar-refractivity contribution < 1.29 is 14.3 Å². The quantitative estimate of drug-likeness (QED) is 0.682. The van der Waals surface area contributed by atoms with Crippen molar-refractivity contribution in [2.75, 3.05) is 26.3 Å². The molecule has 2 aromatic rings. The lowest BCUT2D eigenvalue weighted by Gasteiger charge is -2.36.